The van der Waals surface area contributed by atoms with E-state index in [1.807, 2.05) is 19.1 Å². The summed E-state index contributed by atoms with van der Waals surface area (Å²) < 4.78 is 11.2. The van der Waals surface area contributed by atoms with Crippen LogP contribution in [-0.4, -0.2) is 18.2 Å². The van der Waals surface area contributed by atoms with Gasteiger partial charge in [-0.25, -0.2) is 0 Å². The molecule has 0 unspecified atom stereocenters. The number of ether oxygens (including phenoxy) is 2. The van der Waals surface area contributed by atoms with Crippen molar-refractivity contribution in [2.45, 2.75) is 19.7 Å². The number of hydrogen-bond acceptors (Lipinski definition) is 3. The quantitative estimate of drug-likeness (QED) is 0.740. The lowest BCUT2D eigenvalue weighted by molar-refractivity contribution is 0.172. The van der Waals surface area contributed by atoms with Crippen molar-refractivity contribution < 1.29 is 9.47 Å². The fourth-order valence-electron chi connectivity index (χ4n) is 2.27. The van der Waals surface area contributed by atoms with E-state index in [0.29, 0.717) is 19.1 Å². The summed E-state index contributed by atoms with van der Waals surface area (Å²) in [5.41, 5.74) is 4.19. The van der Waals surface area contributed by atoms with Gasteiger partial charge in [0, 0.05) is 23.0 Å². The topological polar surface area (TPSA) is 31.4 Å². The highest BCUT2D eigenvalue weighted by molar-refractivity contribution is 6.18. The lowest BCUT2D eigenvalue weighted by Crippen LogP contribution is -2.15. The number of fused-ring (bicyclic) bond motifs is 2. The number of nitrogens with zero attached hydrogens (tertiary/aromatic N) is 1. The van der Waals surface area contributed by atoms with Gasteiger partial charge in [0.25, 0.3) is 0 Å². The molecule has 1 aliphatic rings. The molecule has 0 atom stereocenters. The first kappa shape index (κ1) is 11.6. The van der Waals surface area contributed by atoms with Crippen molar-refractivity contribution in [3.8, 4) is 11.5 Å². The monoisotopic (exact) mass is 263 g/mol. The van der Waals surface area contributed by atoms with E-state index in [1.165, 1.54) is 0 Å². The Morgan fingerprint density at radius 1 is 1.17 bits per heavy atom. The molecule has 3 rings (SSSR count). The normalized spacial score (nSPS) is 13.9. The maximum Gasteiger partial charge on any atom is 0.163 e. The van der Waals surface area contributed by atoms with Crippen molar-refractivity contribution in [3.05, 3.63) is 29.0 Å². The highest BCUT2D eigenvalue weighted by atomic mass is 35.5. The Bertz CT molecular complexity index is 625. The Hall–Kier alpha value is -1.48. The van der Waals surface area contributed by atoms with E-state index < -0.39 is 0 Å². The molecule has 0 amide bonds. The maximum absolute atomic E-state index is 6.07. The summed E-state index contributed by atoms with van der Waals surface area (Å²) in [6.45, 7) is 5.23. The van der Waals surface area contributed by atoms with E-state index >= 15 is 0 Å². The first-order chi connectivity index (χ1) is 8.70. The third-order valence-electron chi connectivity index (χ3n) is 3.40. The summed E-state index contributed by atoms with van der Waals surface area (Å²) in [6, 6.07) is 3.92. The first-order valence-electron chi connectivity index (χ1n) is 5.96. The van der Waals surface area contributed by atoms with E-state index in [9.17, 15) is 0 Å². The summed E-state index contributed by atoms with van der Waals surface area (Å²) in [5, 5.41) is 1.05. The highest BCUT2D eigenvalue weighted by Crippen LogP contribution is 2.36. The van der Waals surface area contributed by atoms with E-state index in [1.54, 1.807) is 0 Å². The van der Waals surface area contributed by atoms with Crippen LogP contribution >= 0.6 is 11.6 Å². The zero-order valence-electron chi connectivity index (χ0n) is 10.4. The number of aromatic nitrogens is 1. The zero-order valence-corrected chi connectivity index (χ0v) is 11.2. The van der Waals surface area contributed by atoms with Gasteiger partial charge < -0.3 is 9.47 Å². The van der Waals surface area contributed by atoms with Gasteiger partial charge in [0.05, 0.1) is 5.52 Å². The van der Waals surface area contributed by atoms with Gasteiger partial charge in [0.1, 0.15) is 13.2 Å². The molecule has 3 nitrogen and oxygen atoms in total. The predicted octanol–water partition coefficient (Wildman–Crippen LogP) is 3.36. The Morgan fingerprint density at radius 2 is 1.83 bits per heavy atom. The van der Waals surface area contributed by atoms with Crippen molar-refractivity contribution in [3.63, 3.8) is 0 Å². The zero-order chi connectivity index (χ0) is 12.7. The summed E-state index contributed by atoms with van der Waals surface area (Å²) in [4.78, 5) is 4.60. The molecular weight excluding hydrogens is 250 g/mol. The number of benzene rings is 1. The summed E-state index contributed by atoms with van der Waals surface area (Å²) in [5.74, 6) is 2.03. The van der Waals surface area contributed by atoms with Gasteiger partial charge in [-0.05, 0) is 31.0 Å². The average Bonchev–Trinajstić information content (AvgIpc) is 2.38. The van der Waals surface area contributed by atoms with E-state index in [0.717, 1.165) is 39.2 Å². The summed E-state index contributed by atoms with van der Waals surface area (Å²) >= 11 is 6.07. The molecule has 0 spiro atoms. The molecule has 4 heteroatoms. The minimum absolute atomic E-state index is 0.478. The standard InChI is InChI=1S/C14H14ClNO2/c1-8-9(2)16-12-6-14-13(17-3-4-18-14)5-10(12)11(8)7-15/h5-6H,3-4,7H2,1-2H3. The fourth-order valence-corrected chi connectivity index (χ4v) is 2.61. The fraction of sp³-hybridized carbons (Fsp3) is 0.357. The molecule has 1 aromatic carbocycles. The Balaban J connectivity index is 2.33. The third kappa shape index (κ3) is 1.70. The molecule has 0 saturated carbocycles. The smallest absolute Gasteiger partial charge is 0.163 e. The van der Waals surface area contributed by atoms with Crippen LogP contribution in [0.4, 0.5) is 0 Å². The third-order valence-corrected chi connectivity index (χ3v) is 3.67. The molecule has 94 valence electrons. The van der Waals surface area contributed by atoms with E-state index in [4.69, 9.17) is 21.1 Å². The maximum atomic E-state index is 6.07. The van der Waals surface area contributed by atoms with Crippen LogP contribution in [0.5, 0.6) is 11.5 Å². The minimum atomic E-state index is 0.478. The van der Waals surface area contributed by atoms with E-state index in [2.05, 4.69) is 11.9 Å². The summed E-state index contributed by atoms with van der Waals surface area (Å²) in [7, 11) is 0. The van der Waals surface area contributed by atoms with Crippen LogP contribution in [0.1, 0.15) is 16.8 Å². The lowest BCUT2D eigenvalue weighted by atomic mass is 10.0. The van der Waals surface area contributed by atoms with Gasteiger partial charge in [-0.3, -0.25) is 4.98 Å². The lowest BCUT2D eigenvalue weighted by Gasteiger charge is -2.20. The van der Waals surface area contributed by atoms with Gasteiger partial charge in [-0.15, -0.1) is 11.6 Å². The molecule has 2 heterocycles. The van der Waals surface area contributed by atoms with Crippen molar-refractivity contribution in [2.75, 3.05) is 13.2 Å². The molecule has 0 N–H and O–H groups in total. The van der Waals surface area contributed by atoms with Crippen LogP contribution in [0.3, 0.4) is 0 Å². The van der Waals surface area contributed by atoms with Gasteiger partial charge in [-0.1, -0.05) is 0 Å². The molecule has 18 heavy (non-hydrogen) atoms. The van der Waals surface area contributed by atoms with Gasteiger partial charge in [0.2, 0.25) is 0 Å². The molecule has 1 aliphatic heterocycles. The number of aryl methyl sites for hydroxylation is 1. The number of halogens is 1. The van der Waals surface area contributed by atoms with E-state index in [-0.39, 0.29) is 0 Å². The van der Waals surface area contributed by atoms with Crippen LogP contribution in [0.2, 0.25) is 0 Å². The molecule has 0 radical (unpaired) electrons. The largest absolute Gasteiger partial charge is 0.486 e. The van der Waals surface area contributed by atoms with Crippen LogP contribution in [0, 0.1) is 13.8 Å². The van der Waals surface area contributed by atoms with Crippen molar-refractivity contribution in [2.24, 2.45) is 0 Å². The van der Waals surface area contributed by atoms with Crippen LogP contribution < -0.4 is 9.47 Å². The number of hydrogen-bond donors (Lipinski definition) is 0. The Labute approximate surface area is 111 Å². The molecular formula is C14H14ClNO2. The minimum Gasteiger partial charge on any atom is -0.486 e. The second kappa shape index (κ2) is 4.32. The Morgan fingerprint density at radius 3 is 2.50 bits per heavy atom. The SMILES string of the molecule is Cc1nc2cc3c(cc2c(CCl)c1C)OCCO3. The molecule has 0 fully saturated rings. The second-order valence-electron chi connectivity index (χ2n) is 4.45. The highest BCUT2D eigenvalue weighted by Gasteiger charge is 2.16. The molecule has 0 aliphatic carbocycles. The summed E-state index contributed by atoms with van der Waals surface area (Å²) in [6.07, 6.45) is 0. The molecule has 1 aromatic heterocycles. The van der Waals surface area contributed by atoms with Gasteiger partial charge in [-0.2, -0.15) is 0 Å². The average molecular weight is 264 g/mol. The molecule has 0 bridgehead atoms. The number of pyridine rings is 1. The van der Waals surface area contributed by atoms with Crippen molar-refractivity contribution in [1.82, 2.24) is 4.98 Å². The van der Waals surface area contributed by atoms with Crippen LogP contribution in [-0.2, 0) is 5.88 Å². The number of rotatable bonds is 1. The number of alkyl halides is 1. The van der Waals surface area contributed by atoms with Gasteiger partial charge >= 0.3 is 0 Å². The van der Waals surface area contributed by atoms with Crippen LogP contribution in [0.25, 0.3) is 10.9 Å². The molecule has 0 saturated heterocycles. The Kier molecular flexibility index (Phi) is 2.78. The second-order valence-corrected chi connectivity index (χ2v) is 4.71. The molecule has 2 aromatic rings. The van der Waals surface area contributed by atoms with Crippen molar-refractivity contribution >= 4 is 22.5 Å². The van der Waals surface area contributed by atoms with Crippen molar-refractivity contribution in [1.29, 1.82) is 0 Å². The predicted molar refractivity (Wildman–Crippen MR) is 71.8 cm³/mol. The van der Waals surface area contributed by atoms with Crippen LogP contribution in [0.15, 0.2) is 12.1 Å². The first-order valence-corrected chi connectivity index (χ1v) is 6.49. The van der Waals surface area contributed by atoms with Gasteiger partial charge in [0.15, 0.2) is 11.5 Å².